The van der Waals surface area contributed by atoms with E-state index in [0.29, 0.717) is 37.1 Å². The third kappa shape index (κ3) is 4.61. The summed E-state index contributed by atoms with van der Waals surface area (Å²) in [6.07, 6.45) is 1.24. The third-order valence-electron chi connectivity index (χ3n) is 6.83. The Morgan fingerprint density at radius 2 is 1.77 bits per heavy atom. The van der Waals surface area contributed by atoms with Crippen LogP contribution < -0.4 is 24.4 Å². The predicted molar refractivity (Wildman–Crippen MR) is 149 cm³/mol. The number of carbonyl (C=O) groups excluding carboxylic acids is 1. The second-order valence-corrected chi connectivity index (χ2v) is 9.08. The van der Waals surface area contributed by atoms with Crippen LogP contribution in [0.15, 0.2) is 60.8 Å². The number of H-pyrrole nitrogens is 1. The number of aromatic nitrogens is 3. The van der Waals surface area contributed by atoms with Gasteiger partial charge in [-0.1, -0.05) is 12.1 Å². The number of fused-ring (bicyclic) bond motifs is 3. The molecule has 0 unspecified atom stereocenters. The molecule has 198 valence electrons. The second-order valence-electron chi connectivity index (χ2n) is 9.08. The summed E-state index contributed by atoms with van der Waals surface area (Å²) in [5.41, 5.74) is 6.56. The van der Waals surface area contributed by atoms with Gasteiger partial charge < -0.3 is 28.8 Å². The normalized spacial score (nSPS) is 12.9. The van der Waals surface area contributed by atoms with Gasteiger partial charge >= 0.3 is 6.09 Å². The van der Waals surface area contributed by atoms with Gasteiger partial charge in [0, 0.05) is 35.4 Å². The zero-order valence-electron chi connectivity index (χ0n) is 21.8. The fraction of sp³-hybridized carbons (Fsp3) is 0.207. The molecule has 39 heavy (non-hydrogen) atoms. The molecule has 1 amide bonds. The van der Waals surface area contributed by atoms with Crippen LogP contribution in [0.1, 0.15) is 5.56 Å². The van der Waals surface area contributed by atoms with Gasteiger partial charge in [0.25, 0.3) is 0 Å². The molecule has 0 aliphatic carbocycles. The third-order valence-corrected chi connectivity index (χ3v) is 6.83. The van der Waals surface area contributed by atoms with Gasteiger partial charge in [-0.25, -0.2) is 9.78 Å². The fourth-order valence-electron chi connectivity index (χ4n) is 4.91. The maximum absolute atomic E-state index is 11.5. The molecule has 2 N–H and O–H groups in total. The number of pyridine rings is 1. The van der Waals surface area contributed by atoms with E-state index in [2.05, 4.69) is 42.0 Å². The van der Waals surface area contributed by atoms with Crippen molar-refractivity contribution in [2.75, 3.05) is 44.7 Å². The fourth-order valence-corrected chi connectivity index (χ4v) is 4.91. The minimum atomic E-state index is -0.579. The Morgan fingerprint density at radius 3 is 2.59 bits per heavy atom. The summed E-state index contributed by atoms with van der Waals surface area (Å²) in [5.74, 6) is 2.50. The summed E-state index contributed by atoms with van der Waals surface area (Å²) < 4.78 is 21.8. The molecule has 1 aliphatic rings. The number of carbonyl (C=O) groups is 1. The number of benzene rings is 3. The number of nitrogens with one attached hydrogen (secondary N) is 2. The topological polar surface area (TPSA) is 111 Å². The van der Waals surface area contributed by atoms with Crippen LogP contribution in [0.25, 0.3) is 33.1 Å². The first-order valence-corrected chi connectivity index (χ1v) is 12.4. The standard InChI is InChI=1S/C29H27N5O5/c1-36-26-14-20-22(15-27(26)37-2)30-9-8-24(20)34-10-11-39-25-7-5-17(12-19(25)16-34)18-4-6-21-23(13-18)32-28(31-21)33-29(35)38-3/h4-9,12-15H,10-11,16H2,1-3H3,(H2,31,32,33,35). The van der Waals surface area contributed by atoms with Crippen LogP contribution in [0.2, 0.25) is 0 Å². The largest absolute Gasteiger partial charge is 0.493 e. The molecule has 5 aromatic rings. The molecule has 3 aromatic carbocycles. The van der Waals surface area contributed by atoms with Crippen molar-refractivity contribution in [3.8, 4) is 28.4 Å². The van der Waals surface area contributed by atoms with Gasteiger partial charge in [-0.2, -0.15) is 0 Å². The van der Waals surface area contributed by atoms with Crippen molar-refractivity contribution in [2.45, 2.75) is 6.54 Å². The van der Waals surface area contributed by atoms with Crippen molar-refractivity contribution in [2.24, 2.45) is 0 Å². The van der Waals surface area contributed by atoms with Crippen LogP contribution in [0, 0.1) is 0 Å². The van der Waals surface area contributed by atoms with Gasteiger partial charge in [-0.3, -0.25) is 10.3 Å². The van der Waals surface area contributed by atoms with Crippen molar-refractivity contribution in [3.63, 3.8) is 0 Å². The average Bonchev–Trinajstić information content (AvgIpc) is 3.24. The quantitative estimate of drug-likeness (QED) is 0.315. The van der Waals surface area contributed by atoms with E-state index in [1.807, 2.05) is 48.7 Å². The SMILES string of the molecule is COC(=O)Nc1nc2ccc(-c3ccc4c(c3)CN(c3ccnc5cc(OC)c(OC)cc35)CCO4)cc2[nH]1. The highest BCUT2D eigenvalue weighted by Gasteiger charge is 2.20. The number of imidazole rings is 1. The lowest BCUT2D eigenvalue weighted by Crippen LogP contribution is -2.25. The molecule has 0 bridgehead atoms. The van der Waals surface area contributed by atoms with Crippen LogP contribution in [0.3, 0.4) is 0 Å². The number of methoxy groups -OCH3 is 3. The van der Waals surface area contributed by atoms with Crippen LogP contribution in [0.4, 0.5) is 16.4 Å². The van der Waals surface area contributed by atoms with Crippen LogP contribution in [-0.4, -0.2) is 55.5 Å². The molecule has 0 radical (unpaired) electrons. The Labute approximate surface area is 224 Å². The van der Waals surface area contributed by atoms with E-state index in [0.717, 1.165) is 50.1 Å². The van der Waals surface area contributed by atoms with Crippen molar-refractivity contribution >= 4 is 39.7 Å². The van der Waals surface area contributed by atoms with Gasteiger partial charge in [0.05, 0.1) is 44.4 Å². The van der Waals surface area contributed by atoms with E-state index in [9.17, 15) is 4.79 Å². The van der Waals surface area contributed by atoms with Gasteiger partial charge in [0.1, 0.15) is 12.4 Å². The maximum Gasteiger partial charge on any atom is 0.413 e. The lowest BCUT2D eigenvalue weighted by atomic mass is 10.0. The van der Waals surface area contributed by atoms with Gasteiger partial charge in [-0.15, -0.1) is 0 Å². The summed E-state index contributed by atoms with van der Waals surface area (Å²) >= 11 is 0. The number of ether oxygens (including phenoxy) is 4. The Morgan fingerprint density at radius 1 is 0.974 bits per heavy atom. The highest BCUT2D eigenvalue weighted by molar-refractivity contribution is 5.94. The Hall–Kier alpha value is -4.99. The molecule has 0 saturated heterocycles. The first kappa shape index (κ1) is 24.4. The van der Waals surface area contributed by atoms with Crippen molar-refractivity contribution in [1.82, 2.24) is 15.0 Å². The number of hydrogen-bond acceptors (Lipinski definition) is 8. The number of hydrogen-bond donors (Lipinski definition) is 2. The first-order chi connectivity index (χ1) is 19.1. The monoisotopic (exact) mass is 525 g/mol. The Kier molecular flexibility index (Phi) is 6.28. The van der Waals surface area contributed by atoms with E-state index in [4.69, 9.17) is 14.2 Å². The summed E-state index contributed by atoms with van der Waals surface area (Å²) in [6.45, 7) is 1.93. The van der Waals surface area contributed by atoms with Crippen LogP contribution in [-0.2, 0) is 11.3 Å². The van der Waals surface area contributed by atoms with Crippen LogP contribution >= 0.6 is 0 Å². The van der Waals surface area contributed by atoms with Gasteiger partial charge in [0.2, 0.25) is 5.95 Å². The average molecular weight is 526 g/mol. The molecular formula is C29H27N5O5. The summed E-state index contributed by atoms with van der Waals surface area (Å²) in [5, 5.41) is 3.55. The number of nitrogens with zero attached hydrogens (tertiary/aromatic N) is 3. The molecule has 0 saturated carbocycles. The molecule has 10 nitrogen and oxygen atoms in total. The predicted octanol–water partition coefficient (Wildman–Crippen LogP) is 5.37. The van der Waals surface area contributed by atoms with Gasteiger partial charge in [0.15, 0.2) is 11.5 Å². The smallest absolute Gasteiger partial charge is 0.413 e. The zero-order chi connectivity index (χ0) is 26.9. The molecular weight excluding hydrogens is 498 g/mol. The van der Waals surface area contributed by atoms with Gasteiger partial charge in [-0.05, 0) is 47.5 Å². The van der Waals surface area contributed by atoms with Crippen LogP contribution in [0.5, 0.6) is 17.2 Å². The zero-order valence-corrected chi connectivity index (χ0v) is 21.8. The lowest BCUT2D eigenvalue weighted by Gasteiger charge is -2.24. The molecule has 6 rings (SSSR count). The van der Waals surface area contributed by atoms with E-state index in [-0.39, 0.29) is 0 Å². The van der Waals surface area contributed by atoms with E-state index in [1.54, 1.807) is 14.2 Å². The molecule has 0 spiro atoms. The highest BCUT2D eigenvalue weighted by Crippen LogP contribution is 2.38. The summed E-state index contributed by atoms with van der Waals surface area (Å²) in [6, 6.07) is 18.1. The second kappa shape index (κ2) is 10.1. The molecule has 2 aromatic heterocycles. The van der Waals surface area contributed by atoms with E-state index in [1.165, 1.54) is 7.11 Å². The summed E-state index contributed by atoms with van der Waals surface area (Å²) in [7, 11) is 4.56. The van der Waals surface area contributed by atoms with E-state index < -0.39 is 6.09 Å². The Balaban J connectivity index is 1.34. The highest BCUT2D eigenvalue weighted by atomic mass is 16.5. The summed E-state index contributed by atoms with van der Waals surface area (Å²) in [4.78, 5) is 25.9. The first-order valence-electron chi connectivity index (χ1n) is 12.4. The lowest BCUT2D eigenvalue weighted by molar-refractivity contribution is 0.186. The van der Waals surface area contributed by atoms with Crippen molar-refractivity contribution in [1.29, 1.82) is 0 Å². The number of amides is 1. The van der Waals surface area contributed by atoms with Crippen molar-refractivity contribution < 1.29 is 23.7 Å². The maximum atomic E-state index is 11.5. The molecule has 10 heteroatoms. The number of aromatic amines is 1. The minimum absolute atomic E-state index is 0.332. The number of anilines is 2. The van der Waals surface area contributed by atoms with E-state index >= 15 is 0 Å². The molecule has 0 atom stereocenters. The van der Waals surface area contributed by atoms with Crippen molar-refractivity contribution in [3.05, 3.63) is 66.4 Å². The Bertz CT molecular complexity index is 1700. The molecule has 3 heterocycles. The minimum Gasteiger partial charge on any atom is -0.493 e. The molecule has 1 aliphatic heterocycles. The molecule has 0 fully saturated rings. The number of rotatable bonds is 5.